The van der Waals surface area contributed by atoms with E-state index in [-0.39, 0.29) is 41.6 Å². The molecule has 7 atom stereocenters. The summed E-state index contributed by atoms with van der Waals surface area (Å²) >= 11 is 1.11. The number of aliphatic carboxylic acids is 1. The number of aliphatic hydroxyl groups is 2. The Labute approximate surface area is 426 Å². The molecule has 26 nitrogen and oxygen atoms in total. The van der Waals surface area contributed by atoms with Crippen LogP contribution in [0.2, 0.25) is 0 Å². The zero-order valence-electron chi connectivity index (χ0n) is 41.4. The predicted molar refractivity (Wildman–Crippen MR) is 264 cm³/mol. The number of rotatable bonds is 31. The number of ether oxygens (including phenoxy) is 1. The van der Waals surface area contributed by atoms with Crippen LogP contribution in [0.15, 0.2) is 36.9 Å². The number of phosphoric acid groups is 3. The molecule has 1 aliphatic heterocycles. The second-order valence-corrected chi connectivity index (χ2v) is 24.8. The highest BCUT2D eigenvalue weighted by Gasteiger charge is 2.50. The summed E-state index contributed by atoms with van der Waals surface area (Å²) in [4.78, 5) is 101. The number of fused-ring (bicyclic) bond motifs is 1. The topological polar surface area (TPSA) is 401 Å². The number of unbranched alkanes of at least 4 members (excludes halogenated alkanes) is 2. The largest absolute Gasteiger partial charge is 0.481 e. The summed E-state index contributed by atoms with van der Waals surface area (Å²) in [6.45, 7) is 7.70. The molecule has 11 N–H and O–H groups in total. The number of benzene rings is 1. The Morgan fingerprint density at radius 2 is 1.44 bits per heavy atom. The first kappa shape index (κ1) is 61.8. The normalized spacial score (nSPS) is 19.8. The quantitative estimate of drug-likeness (QED) is 0.0322. The number of carboxylic acids is 1. The number of carbonyl (C=O) groups is 4. The van der Waals surface area contributed by atoms with E-state index in [9.17, 15) is 67.8 Å². The summed E-state index contributed by atoms with van der Waals surface area (Å²) < 4.78 is 62.6. The highest BCUT2D eigenvalue weighted by Crippen LogP contribution is 2.61. The molecule has 2 unspecified atom stereocenters. The molecule has 3 heterocycles. The van der Waals surface area contributed by atoms with Crippen molar-refractivity contribution in [3.8, 4) is 0 Å². The van der Waals surface area contributed by atoms with Crippen molar-refractivity contribution in [3.63, 3.8) is 0 Å². The fourth-order valence-corrected chi connectivity index (χ4v) is 11.1. The first-order chi connectivity index (χ1) is 33.8. The molecule has 410 valence electrons. The number of thioether (sulfide) groups is 1. The van der Waals surface area contributed by atoms with Crippen LogP contribution in [-0.4, -0.2) is 134 Å². The van der Waals surface area contributed by atoms with Crippen LogP contribution in [0.5, 0.6) is 0 Å². The maximum atomic E-state index is 13.0. The van der Waals surface area contributed by atoms with Gasteiger partial charge in [-0.1, -0.05) is 76.6 Å². The van der Waals surface area contributed by atoms with Gasteiger partial charge in [0.15, 0.2) is 22.8 Å². The van der Waals surface area contributed by atoms with Crippen molar-refractivity contribution in [2.75, 3.05) is 37.8 Å². The molecule has 30 heteroatoms. The lowest BCUT2D eigenvalue weighted by Crippen LogP contribution is -2.46. The standard InChI is InChI=1S/C43H68N7O19P3S/c1-41(2,39(55)56)18-9-7-11-27-13-15-28(16-14-27)12-8-10-19-42(3,4)40(57)73-22-21-45-30(51)17-20-46-37(54)34(53)43(5,6)24-66-72(63,64)69-71(61,62)65-23-29-33(68-70(58,59)60)32(52)38(67-29)50-26-49-31-35(44)47-25-48-36(31)50/h13-16,25-26,29,32-34,38,52-53H,7-12,17-24H2,1-6H3,(H,45,51)(H,46,54)(H,55,56)(H,61,62)(H,63,64)(H2,44,47,48)(H2,58,59,60)/t29-,32-,33-,34+,38-/m1/s1. The zero-order chi connectivity index (χ0) is 54.6. The highest BCUT2D eigenvalue weighted by molar-refractivity contribution is 8.13. The van der Waals surface area contributed by atoms with E-state index >= 15 is 0 Å². The average Bonchev–Trinajstić information content (AvgIpc) is 3.86. The number of imidazole rings is 1. The molecule has 0 bridgehead atoms. The molecule has 1 fully saturated rings. The molecule has 4 rings (SSSR count). The Morgan fingerprint density at radius 3 is 2.03 bits per heavy atom. The van der Waals surface area contributed by atoms with E-state index in [0.717, 1.165) is 67.5 Å². The van der Waals surface area contributed by atoms with Crippen LogP contribution in [0.25, 0.3) is 11.2 Å². The summed E-state index contributed by atoms with van der Waals surface area (Å²) in [5.41, 5.74) is 5.37. The first-order valence-electron chi connectivity index (χ1n) is 23.2. The fourth-order valence-electron chi connectivity index (χ4n) is 7.34. The smallest absolute Gasteiger partial charge is 0.481 e. The van der Waals surface area contributed by atoms with Gasteiger partial charge in [-0.3, -0.25) is 37.3 Å². The Hall–Kier alpha value is -3.75. The second kappa shape index (κ2) is 26.3. The number of nitrogen functional groups attached to an aromatic ring is 1. The van der Waals surface area contributed by atoms with Crippen LogP contribution >= 0.6 is 35.2 Å². The Kier molecular flexibility index (Phi) is 22.3. The maximum Gasteiger partial charge on any atom is 0.481 e. The van der Waals surface area contributed by atoms with Gasteiger partial charge in [-0.25, -0.2) is 28.6 Å². The van der Waals surface area contributed by atoms with Crippen LogP contribution in [-0.2, 0) is 68.3 Å². The molecule has 0 saturated carbocycles. The molecule has 2 aromatic heterocycles. The molecule has 0 spiro atoms. The van der Waals surface area contributed by atoms with Gasteiger partial charge in [-0.15, -0.1) is 0 Å². The summed E-state index contributed by atoms with van der Waals surface area (Å²) in [6, 6.07) is 8.45. The number of phosphoric ester groups is 3. The van der Waals surface area contributed by atoms with Gasteiger partial charge >= 0.3 is 29.4 Å². The number of carboxylic acid groups (broad SMARTS) is 1. The number of nitrogens with one attached hydrogen (secondary N) is 2. The van der Waals surface area contributed by atoms with E-state index in [1.54, 1.807) is 13.8 Å². The third-order valence-corrected chi connectivity index (χ3v) is 16.2. The number of aromatic nitrogens is 4. The SMILES string of the molecule is CC(C)(CCCCc1ccc(CCCCC(C)(C)C(=O)SCCNC(=O)CCNC(=O)[C@H](O)C(C)(C)COP(=O)(O)OP(=O)(O)OC[C@H]2O[C@@H](n3cnc4c(N)ncnc43)[C@H](O)[C@@H]2OP(=O)(O)O)cc1)C(=O)O. The molecule has 1 saturated heterocycles. The van der Waals surface area contributed by atoms with Crippen LogP contribution in [0.3, 0.4) is 0 Å². The van der Waals surface area contributed by atoms with E-state index in [1.165, 1.54) is 25.0 Å². The Bertz CT molecular complexity index is 2510. The molecule has 0 radical (unpaired) electrons. The number of carbonyl (C=O) groups excluding carboxylic acids is 3. The summed E-state index contributed by atoms with van der Waals surface area (Å²) in [5, 5.41) is 36.0. The lowest BCUT2D eigenvalue weighted by atomic mass is 9.87. The van der Waals surface area contributed by atoms with Gasteiger partial charge in [0.05, 0.1) is 25.0 Å². The van der Waals surface area contributed by atoms with Crippen molar-refractivity contribution >= 4 is 75.1 Å². The van der Waals surface area contributed by atoms with E-state index in [2.05, 4.69) is 58.7 Å². The minimum absolute atomic E-state index is 0.00484. The van der Waals surface area contributed by atoms with Crippen LogP contribution in [0.1, 0.15) is 104 Å². The average molecular weight is 1110 g/mol. The monoisotopic (exact) mass is 1110 g/mol. The third-order valence-electron chi connectivity index (χ3n) is 11.9. The first-order valence-corrected chi connectivity index (χ1v) is 28.7. The van der Waals surface area contributed by atoms with Gasteiger partial charge in [0.2, 0.25) is 11.8 Å². The third kappa shape index (κ3) is 19.4. The van der Waals surface area contributed by atoms with E-state index < -0.39 is 101 Å². The van der Waals surface area contributed by atoms with Crippen molar-refractivity contribution in [2.45, 2.75) is 130 Å². The zero-order valence-corrected chi connectivity index (χ0v) is 44.9. The minimum atomic E-state index is -5.60. The molecular formula is C43H68N7O19P3S. The number of hydrogen-bond donors (Lipinski definition) is 10. The second-order valence-electron chi connectivity index (χ2n) is 19.5. The van der Waals surface area contributed by atoms with Crippen molar-refractivity contribution in [1.82, 2.24) is 30.2 Å². The van der Waals surface area contributed by atoms with E-state index in [1.807, 2.05) is 13.8 Å². The molecule has 73 heavy (non-hydrogen) atoms. The van der Waals surface area contributed by atoms with Crippen LogP contribution in [0.4, 0.5) is 5.82 Å². The van der Waals surface area contributed by atoms with E-state index in [0.29, 0.717) is 18.6 Å². The van der Waals surface area contributed by atoms with Gasteiger partial charge in [0.1, 0.15) is 36.3 Å². The van der Waals surface area contributed by atoms with Gasteiger partial charge in [0.25, 0.3) is 0 Å². The lowest BCUT2D eigenvalue weighted by molar-refractivity contribution is -0.147. The fraction of sp³-hybridized carbons (Fsp3) is 0.651. The van der Waals surface area contributed by atoms with E-state index in [4.69, 9.17) is 19.5 Å². The maximum absolute atomic E-state index is 13.0. The summed E-state index contributed by atoms with van der Waals surface area (Å²) in [5.74, 6) is -1.94. The molecule has 2 amide bonds. The number of anilines is 1. The highest BCUT2D eigenvalue weighted by atomic mass is 32.2. The van der Waals surface area contributed by atoms with Crippen LogP contribution in [0, 0.1) is 16.2 Å². The minimum Gasteiger partial charge on any atom is -0.481 e. The number of hydrogen-bond acceptors (Lipinski definition) is 19. The lowest BCUT2D eigenvalue weighted by Gasteiger charge is -2.30. The summed E-state index contributed by atoms with van der Waals surface area (Å²) in [6.07, 6.45) is -0.391. The number of aryl methyl sites for hydroxylation is 2. The molecule has 1 aliphatic rings. The van der Waals surface area contributed by atoms with Crippen molar-refractivity contribution in [2.24, 2.45) is 16.2 Å². The van der Waals surface area contributed by atoms with Gasteiger partial charge in [-0.2, -0.15) is 4.31 Å². The van der Waals surface area contributed by atoms with Gasteiger partial charge in [-0.05, 0) is 63.5 Å². The number of nitrogens with zero attached hydrogens (tertiary/aromatic N) is 4. The summed E-state index contributed by atoms with van der Waals surface area (Å²) in [7, 11) is -16.5. The van der Waals surface area contributed by atoms with Gasteiger partial charge < -0.3 is 56.0 Å². The predicted octanol–water partition coefficient (Wildman–Crippen LogP) is 3.93. The number of nitrogens with two attached hydrogens (primary N) is 1. The van der Waals surface area contributed by atoms with Crippen molar-refractivity contribution < 1.29 is 90.4 Å². The number of aliphatic hydroxyl groups excluding tert-OH is 2. The molecule has 0 aliphatic carbocycles. The number of amides is 2. The van der Waals surface area contributed by atoms with Crippen molar-refractivity contribution in [1.29, 1.82) is 0 Å². The molecular weight excluding hydrogens is 1040 g/mol. The van der Waals surface area contributed by atoms with Gasteiger partial charge in [0, 0.05) is 36.1 Å². The Morgan fingerprint density at radius 1 is 0.849 bits per heavy atom. The van der Waals surface area contributed by atoms with Crippen LogP contribution < -0.4 is 16.4 Å². The molecule has 1 aromatic carbocycles. The molecule has 3 aromatic rings. The van der Waals surface area contributed by atoms with Crippen molar-refractivity contribution in [3.05, 3.63) is 48.0 Å². The Balaban J connectivity index is 1.11.